The molecule has 2 atom stereocenters. The second-order valence-electron chi connectivity index (χ2n) is 7.48. The number of benzene rings is 1. The standard InChI is InChI=1S/C20H23N3O.2ClH/c24-20(23-14-7-8-15(23)12-21-10-9-14)17-11-19(13-5-6-13)22-18-4-2-1-3-16(17)18;;/h1-4,11,13-15,21H,5-10,12H2;2*1H. The van der Waals surface area contributed by atoms with E-state index in [4.69, 9.17) is 4.98 Å². The first-order valence-corrected chi connectivity index (χ1v) is 9.24. The maximum absolute atomic E-state index is 13.5. The van der Waals surface area contributed by atoms with E-state index in [1.807, 2.05) is 24.3 Å². The fraction of sp³-hybridized carbons (Fsp3) is 0.500. The van der Waals surface area contributed by atoms with Crippen molar-refractivity contribution in [1.82, 2.24) is 15.2 Å². The van der Waals surface area contributed by atoms with Crippen molar-refractivity contribution in [1.29, 1.82) is 0 Å². The van der Waals surface area contributed by atoms with E-state index < -0.39 is 0 Å². The number of aromatic nitrogens is 1. The van der Waals surface area contributed by atoms with E-state index in [0.717, 1.165) is 54.5 Å². The lowest BCUT2D eigenvalue weighted by Gasteiger charge is -2.28. The summed E-state index contributed by atoms with van der Waals surface area (Å²) in [6.45, 7) is 1.95. The molecule has 1 aromatic heterocycles. The molecule has 1 aliphatic carbocycles. The van der Waals surface area contributed by atoms with E-state index in [9.17, 15) is 4.79 Å². The lowest BCUT2D eigenvalue weighted by atomic mass is 10.0. The zero-order valence-electron chi connectivity index (χ0n) is 14.7. The number of hydrogen-bond donors (Lipinski definition) is 1. The van der Waals surface area contributed by atoms with Crippen molar-refractivity contribution in [2.24, 2.45) is 0 Å². The van der Waals surface area contributed by atoms with Gasteiger partial charge in [0.1, 0.15) is 0 Å². The van der Waals surface area contributed by atoms with Gasteiger partial charge in [0, 0.05) is 35.6 Å². The van der Waals surface area contributed by atoms with Gasteiger partial charge in [-0.3, -0.25) is 9.78 Å². The van der Waals surface area contributed by atoms with E-state index >= 15 is 0 Å². The molecule has 3 fully saturated rings. The van der Waals surface area contributed by atoms with Crippen LogP contribution >= 0.6 is 24.8 Å². The van der Waals surface area contributed by atoms with E-state index in [-0.39, 0.29) is 30.7 Å². The summed E-state index contributed by atoms with van der Waals surface area (Å²) in [5, 5.41) is 4.49. The molecule has 3 heterocycles. The Morgan fingerprint density at radius 1 is 1.04 bits per heavy atom. The molecule has 0 radical (unpaired) electrons. The van der Waals surface area contributed by atoms with Crippen LogP contribution < -0.4 is 5.32 Å². The molecule has 26 heavy (non-hydrogen) atoms. The fourth-order valence-corrected chi connectivity index (χ4v) is 4.41. The number of nitrogens with zero attached hydrogens (tertiary/aromatic N) is 2. The average Bonchev–Trinajstić information content (AvgIpc) is 3.38. The lowest BCUT2D eigenvalue weighted by Crippen LogP contribution is -2.42. The molecule has 1 saturated carbocycles. The largest absolute Gasteiger partial charge is 0.331 e. The summed E-state index contributed by atoms with van der Waals surface area (Å²) < 4.78 is 0. The Morgan fingerprint density at radius 2 is 1.81 bits per heavy atom. The number of halogens is 2. The number of para-hydroxylation sites is 1. The number of amides is 1. The van der Waals surface area contributed by atoms with Gasteiger partial charge in [0.05, 0.1) is 11.1 Å². The normalized spacial score (nSPS) is 24.5. The second kappa shape index (κ2) is 7.71. The van der Waals surface area contributed by atoms with Crippen LogP contribution in [0.15, 0.2) is 30.3 Å². The number of nitrogens with one attached hydrogen (secondary N) is 1. The Labute approximate surface area is 166 Å². The monoisotopic (exact) mass is 393 g/mol. The van der Waals surface area contributed by atoms with Crippen LogP contribution in [0.3, 0.4) is 0 Å². The van der Waals surface area contributed by atoms with Crippen LogP contribution in [-0.4, -0.2) is 41.0 Å². The summed E-state index contributed by atoms with van der Waals surface area (Å²) in [5.41, 5.74) is 2.93. The van der Waals surface area contributed by atoms with Gasteiger partial charge in [0.15, 0.2) is 0 Å². The topological polar surface area (TPSA) is 45.2 Å². The third-order valence-corrected chi connectivity index (χ3v) is 5.85. The van der Waals surface area contributed by atoms with Crippen LogP contribution in [0, 0.1) is 0 Å². The van der Waals surface area contributed by atoms with Gasteiger partial charge in [-0.15, -0.1) is 24.8 Å². The molecule has 2 unspecified atom stereocenters. The van der Waals surface area contributed by atoms with Crippen molar-refractivity contribution in [3.05, 3.63) is 41.6 Å². The van der Waals surface area contributed by atoms with Crippen LogP contribution in [0.5, 0.6) is 0 Å². The zero-order chi connectivity index (χ0) is 16.1. The highest BCUT2D eigenvalue weighted by Crippen LogP contribution is 2.40. The van der Waals surface area contributed by atoms with Gasteiger partial charge in [-0.2, -0.15) is 0 Å². The summed E-state index contributed by atoms with van der Waals surface area (Å²) in [4.78, 5) is 20.5. The van der Waals surface area contributed by atoms with E-state index in [0.29, 0.717) is 18.0 Å². The van der Waals surface area contributed by atoms with Crippen LogP contribution in [0.1, 0.15) is 54.1 Å². The van der Waals surface area contributed by atoms with Gasteiger partial charge >= 0.3 is 0 Å². The van der Waals surface area contributed by atoms with Gasteiger partial charge < -0.3 is 10.2 Å². The van der Waals surface area contributed by atoms with E-state index in [1.54, 1.807) is 0 Å². The minimum absolute atomic E-state index is 0. The van der Waals surface area contributed by atoms with Gasteiger partial charge in [-0.05, 0) is 50.8 Å². The van der Waals surface area contributed by atoms with Crippen molar-refractivity contribution in [2.75, 3.05) is 13.1 Å². The number of carbonyl (C=O) groups is 1. The van der Waals surface area contributed by atoms with Crippen LogP contribution in [-0.2, 0) is 0 Å². The van der Waals surface area contributed by atoms with Crippen LogP contribution in [0.2, 0.25) is 0 Å². The van der Waals surface area contributed by atoms with Crippen molar-refractivity contribution in [2.45, 2.75) is 50.1 Å². The molecule has 5 rings (SSSR count). The highest BCUT2D eigenvalue weighted by atomic mass is 35.5. The number of fused-ring (bicyclic) bond motifs is 3. The second-order valence-corrected chi connectivity index (χ2v) is 7.48. The molecule has 1 amide bonds. The summed E-state index contributed by atoms with van der Waals surface area (Å²) in [6, 6.07) is 10.9. The third kappa shape index (κ3) is 3.30. The van der Waals surface area contributed by atoms with Crippen LogP contribution in [0.4, 0.5) is 0 Å². The van der Waals surface area contributed by atoms with Gasteiger partial charge in [-0.1, -0.05) is 18.2 Å². The Balaban J connectivity index is 0.000000980. The van der Waals surface area contributed by atoms with Crippen molar-refractivity contribution in [3.8, 4) is 0 Å². The number of hydrogen-bond acceptors (Lipinski definition) is 3. The quantitative estimate of drug-likeness (QED) is 0.840. The molecule has 6 heteroatoms. The minimum atomic E-state index is 0. The predicted octanol–water partition coefficient (Wildman–Crippen LogP) is 3.92. The Hall–Kier alpha value is -1.36. The Kier molecular flexibility index (Phi) is 5.75. The predicted molar refractivity (Wildman–Crippen MR) is 109 cm³/mol. The average molecular weight is 394 g/mol. The van der Waals surface area contributed by atoms with E-state index in [2.05, 4.69) is 16.3 Å². The molecule has 0 spiro atoms. The highest BCUT2D eigenvalue weighted by Gasteiger charge is 2.39. The summed E-state index contributed by atoms with van der Waals surface area (Å²) >= 11 is 0. The van der Waals surface area contributed by atoms with Crippen molar-refractivity contribution in [3.63, 3.8) is 0 Å². The summed E-state index contributed by atoms with van der Waals surface area (Å²) in [5.74, 6) is 0.773. The fourth-order valence-electron chi connectivity index (χ4n) is 4.41. The van der Waals surface area contributed by atoms with E-state index in [1.165, 1.54) is 12.8 Å². The number of carbonyl (C=O) groups excluding carboxylic acids is 1. The molecule has 1 aromatic carbocycles. The smallest absolute Gasteiger partial charge is 0.255 e. The SMILES string of the molecule is Cl.Cl.O=C(c1cc(C2CC2)nc2ccccc12)N1C2CCNCC1CC2. The Bertz CT molecular complexity index is 795. The molecule has 140 valence electrons. The number of pyridine rings is 1. The summed E-state index contributed by atoms with van der Waals surface area (Å²) in [7, 11) is 0. The molecular formula is C20H25Cl2N3O. The molecule has 2 saturated heterocycles. The van der Waals surface area contributed by atoms with Crippen LogP contribution in [0.25, 0.3) is 10.9 Å². The third-order valence-electron chi connectivity index (χ3n) is 5.85. The van der Waals surface area contributed by atoms with Gasteiger partial charge in [0.2, 0.25) is 0 Å². The first-order valence-electron chi connectivity index (χ1n) is 9.24. The molecular weight excluding hydrogens is 369 g/mol. The lowest BCUT2D eigenvalue weighted by molar-refractivity contribution is 0.0682. The molecule has 2 aromatic rings. The molecule has 2 aliphatic heterocycles. The number of rotatable bonds is 2. The van der Waals surface area contributed by atoms with Crippen molar-refractivity contribution >= 4 is 41.6 Å². The first-order chi connectivity index (χ1) is 11.8. The first kappa shape index (κ1) is 19.4. The highest BCUT2D eigenvalue weighted by molar-refractivity contribution is 6.06. The van der Waals surface area contributed by atoms with Gasteiger partial charge in [-0.25, -0.2) is 0 Å². The van der Waals surface area contributed by atoms with Gasteiger partial charge in [0.25, 0.3) is 5.91 Å². The maximum atomic E-state index is 13.5. The minimum Gasteiger partial charge on any atom is -0.331 e. The zero-order valence-corrected chi connectivity index (χ0v) is 16.3. The molecule has 1 N–H and O–H groups in total. The summed E-state index contributed by atoms with van der Waals surface area (Å²) in [6.07, 6.45) is 5.76. The molecule has 4 nitrogen and oxygen atoms in total. The molecule has 2 bridgehead atoms. The Morgan fingerprint density at radius 3 is 2.62 bits per heavy atom. The van der Waals surface area contributed by atoms with Crippen molar-refractivity contribution < 1.29 is 4.79 Å². The maximum Gasteiger partial charge on any atom is 0.255 e. The molecule has 3 aliphatic rings.